The molecule has 0 bridgehead atoms. The van der Waals surface area contributed by atoms with Crippen molar-refractivity contribution in [3.63, 3.8) is 0 Å². The molecule has 29 heavy (non-hydrogen) atoms. The van der Waals surface area contributed by atoms with Gasteiger partial charge in [0.1, 0.15) is 12.4 Å². The van der Waals surface area contributed by atoms with Gasteiger partial charge < -0.3 is 10.1 Å². The highest BCUT2D eigenvalue weighted by Gasteiger charge is 2.26. The summed E-state index contributed by atoms with van der Waals surface area (Å²) in [4.78, 5) is 12.5. The maximum Gasteiger partial charge on any atom is 0.227 e. The van der Waals surface area contributed by atoms with Gasteiger partial charge in [-0.25, -0.2) is 13.1 Å². The summed E-state index contributed by atoms with van der Waals surface area (Å²) < 4.78 is 32.2. The quantitative estimate of drug-likeness (QED) is 0.698. The Kier molecular flexibility index (Phi) is 6.82. The fourth-order valence-corrected chi connectivity index (χ4v) is 4.87. The number of halogens is 1. The fraction of sp³-hybridized carbons (Fsp3) is 0.381. The third kappa shape index (κ3) is 6.19. The third-order valence-electron chi connectivity index (χ3n) is 4.56. The van der Waals surface area contributed by atoms with Gasteiger partial charge in [0, 0.05) is 17.6 Å². The number of ether oxygens (including phenoxy) is 1. The predicted octanol–water partition coefficient (Wildman–Crippen LogP) is 3.04. The number of rotatable bonds is 7. The molecule has 1 atom stereocenters. The minimum atomic E-state index is -3.36. The first-order valence-corrected chi connectivity index (χ1v) is 11.5. The summed E-state index contributed by atoms with van der Waals surface area (Å²) in [6.45, 7) is 4.27. The molecule has 156 valence electrons. The van der Waals surface area contributed by atoms with Crippen molar-refractivity contribution in [2.24, 2.45) is 5.92 Å². The van der Waals surface area contributed by atoms with Gasteiger partial charge in [-0.15, -0.1) is 0 Å². The molecule has 0 saturated carbocycles. The molecule has 0 fully saturated rings. The summed E-state index contributed by atoms with van der Waals surface area (Å²) >= 11 is 6.02. The normalized spacial score (nSPS) is 16.2. The highest BCUT2D eigenvalue weighted by Crippen LogP contribution is 2.29. The zero-order valence-corrected chi connectivity index (χ0v) is 18.0. The van der Waals surface area contributed by atoms with E-state index >= 15 is 0 Å². The molecule has 0 unspecified atom stereocenters. The molecule has 2 aromatic carbocycles. The highest BCUT2D eigenvalue weighted by atomic mass is 35.5. The van der Waals surface area contributed by atoms with E-state index in [2.05, 4.69) is 10.0 Å². The fourth-order valence-electron chi connectivity index (χ4n) is 3.24. The number of fused-ring (bicyclic) bond motifs is 1. The Hall–Kier alpha value is -2.09. The van der Waals surface area contributed by atoms with Crippen molar-refractivity contribution in [2.75, 3.05) is 6.61 Å². The lowest BCUT2D eigenvalue weighted by Crippen LogP contribution is -2.37. The van der Waals surface area contributed by atoms with E-state index in [1.54, 1.807) is 32.0 Å². The minimum absolute atomic E-state index is 0.0702. The minimum Gasteiger partial charge on any atom is -0.492 e. The van der Waals surface area contributed by atoms with Crippen LogP contribution < -0.4 is 14.8 Å². The average molecular weight is 437 g/mol. The molecule has 1 amide bonds. The van der Waals surface area contributed by atoms with Crippen LogP contribution in [-0.2, 0) is 33.5 Å². The zero-order chi connectivity index (χ0) is 21.0. The van der Waals surface area contributed by atoms with Crippen molar-refractivity contribution in [1.82, 2.24) is 10.0 Å². The molecular formula is C21H25ClN2O4S. The van der Waals surface area contributed by atoms with Gasteiger partial charge in [-0.2, -0.15) is 0 Å². The summed E-state index contributed by atoms with van der Waals surface area (Å²) in [5.74, 6) is 0.353. The molecule has 3 rings (SSSR count). The smallest absolute Gasteiger partial charge is 0.227 e. The van der Waals surface area contributed by atoms with E-state index in [1.807, 2.05) is 24.3 Å². The molecule has 0 aromatic heterocycles. The molecule has 1 aliphatic rings. The van der Waals surface area contributed by atoms with Crippen molar-refractivity contribution < 1.29 is 17.9 Å². The maximum absolute atomic E-state index is 12.5. The van der Waals surface area contributed by atoms with Gasteiger partial charge in [0.25, 0.3) is 0 Å². The number of carbonyl (C=O) groups is 1. The van der Waals surface area contributed by atoms with Gasteiger partial charge in [-0.1, -0.05) is 35.9 Å². The Morgan fingerprint density at radius 1 is 1.17 bits per heavy atom. The Morgan fingerprint density at radius 3 is 2.55 bits per heavy atom. The van der Waals surface area contributed by atoms with Crippen molar-refractivity contribution >= 4 is 27.5 Å². The van der Waals surface area contributed by atoms with Crippen LogP contribution >= 0.6 is 11.6 Å². The Bertz CT molecular complexity index is 975. The Morgan fingerprint density at radius 2 is 1.86 bits per heavy atom. The molecule has 0 aliphatic carbocycles. The monoisotopic (exact) mass is 436 g/mol. The van der Waals surface area contributed by atoms with E-state index < -0.39 is 10.0 Å². The topological polar surface area (TPSA) is 84.5 Å². The molecule has 0 spiro atoms. The second-order valence-electron chi connectivity index (χ2n) is 7.53. The maximum atomic E-state index is 12.5. The zero-order valence-electron chi connectivity index (χ0n) is 16.4. The van der Waals surface area contributed by atoms with E-state index in [1.165, 1.54) is 0 Å². The summed E-state index contributed by atoms with van der Waals surface area (Å²) in [6.07, 6.45) is 0.585. The van der Waals surface area contributed by atoms with Crippen molar-refractivity contribution in [1.29, 1.82) is 0 Å². The summed E-state index contributed by atoms with van der Waals surface area (Å²) in [5.41, 5.74) is 2.53. The van der Waals surface area contributed by atoms with Crippen LogP contribution in [0.5, 0.6) is 5.75 Å². The van der Waals surface area contributed by atoms with Crippen LogP contribution in [0.25, 0.3) is 0 Å². The van der Waals surface area contributed by atoms with E-state index in [9.17, 15) is 13.2 Å². The molecule has 1 heterocycles. The average Bonchev–Trinajstić information content (AvgIpc) is 2.65. The van der Waals surface area contributed by atoms with Gasteiger partial charge >= 0.3 is 0 Å². The van der Waals surface area contributed by atoms with Crippen LogP contribution in [0.1, 0.15) is 30.5 Å². The third-order valence-corrected chi connectivity index (χ3v) is 6.34. The van der Waals surface area contributed by atoms with Gasteiger partial charge in [0.05, 0.1) is 11.7 Å². The molecular weight excluding hydrogens is 412 g/mol. The molecule has 0 radical (unpaired) electrons. The second kappa shape index (κ2) is 9.15. The largest absolute Gasteiger partial charge is 0.492 e. The lowest BCUT2D eigenvalue weighted by atomic mass is 9.96. The number of hydrogen-bond acceptors (Lipinski definition) is 4. The van der Waals surface area contributed by atoms with E-state index in [-0.39, 0.29) is 23.6 Å². The van der Waals surface area contributed by atoms with Crippen LogP contribution in [0.4, 0.5) is 0 Å². The van der Waals surface area contributed by atoms with Crippen LogP contribution in [-0.4, -0.2) is 27.0 Å². The summed E-state index contributed by atoms with van der Waals surface area (Å²) in [6, 6.07) is 12.5. The molecule has 8 heteroatoms. The second-order valence-corrected chi connectivity index (χ2v) is 9.72. The Balaban J connectivity index is 1.53. The van der Waals surface area contributed by atoms with E-state index in [0.717, 1.165) is 16.9 Å². The number of hydrogen-bond donors (Lipinski definition) is 2. The standard InChI is InChI=1S/C21H25ClN2O4S/c1-14(2)24-29(26,27)13-16-5-3-15(4-6-16)11-23-21(25)18-9-17-10-19(22)7-8-20(17)28-12-18/h3-8,10,14,18,24H,9,11-13H2,1-2H3,(H,23,25)/t18-/m0/s1. The van der Waals surface area contributed by atoms with Gasteiger partial charge in [-0.3, -0.25) is 4.79 Å². The first-order valence-electron chi connectivity index (χ1n) is 9.48. The van der Waals surface area contributed by atoms with Crippen LogP contribution in [0, 0.1) is 5.92 Å². The lowest BCUT2D eigenvalue weighted by Gasteiger charge is -2.24. The Labute approximate surface area is 176 Å². The van der Waals surface area contributed by atoms with Crippen LogP contribution in [0.2, 0.25) is 5.02 Å². The SMILES string of the molecule is CC(C)NS(=O)(=O)Cc1ccc(CNC(=O)[C@@H]2COc3ccc(Cl)cc3C2)cc1. The van der Waals surface area contributed by atoms with Crippen LogP contribution in [0.3, 0.4) is 0 Å². The summed E-state index contributed by atoms with van der Waals surface area (Å²) in [7, 11) is -3.36. The molecule has 6 nitrogen and oxygen atoms in total. The van der Waals surface area contributed by atoms with Crippen LogP contribution in [0.15, 0.2) is 42.5 Å². The van der Waals surface area contributed by atoms with Crippen molar-refractivity contribution in [2.45, 2.75) is 38.6 Å². The van der Waals surface area contributed by atoms with Gasteiger partial charge in [-0.05, 0) is 55.2 Å². The van der Waals surface area contributed by atoms with E-state index in [0.29, 0.717) is 30.2 Å². The summed E-state index contributed by atoms with van der Waals surface area (Å²) in [5, 5.41) is 3.55. The van der Waals surface area contributed by atoms with Gasteiger partial charge in [0.2, 0.25) is 15.9 Å². The number of amides is 1. The lowest BCUT2D eigenvalue weighted by molar-refractivity contribution is -0.126. The highest BCUT2D eigenvalue weighted by molar-refractivity contribution is 7.88. The number of sulfonamides is 1. The van der Waals surface area contributed by atoms with E-state index in [4.69, 9.17) is 16.3 Å². The van der Waals surface area contributed by atoms with Gasteiger partial charge in [0.15, 0.2) is 0 Å². The van der Waals surface area contributed by atoms with Crippen molar-refractivity contribution in [3.8, 4) is 5.75 Å². The number of carbonyl (C=O) groups excluding carboxylic acids is 1. The number of nitrogens with one attached hydrogen (secondary N) is 2. The molecule has 2 aromatic rings. The first-order chi connectivity index (χ1) is 13.7. The predicted molar refractivity (Wildman–Crippen MR) is 113 cm³/mol. The molecule has 2 N–H and O–H groups in total. The number of benzene rings is 2. The van der Waals surface area contributed by atoms with Crippen molar-refractivity contribution in [3.05, 3.63) is 64.2 Å². The molecule has 1 aliphatic heterocycles. The first kappa shape index (κ1) is 21.6. The molecule has 0 saturated heterocycles.